The zero-order valence-corrected chi connectivity index (χ0v) is 11.4. The Bertz CT molecular complexity index is 439. The molecule has 0 amide bonds. The van der Waals surface area contributed by atoms with Crippen molar-refractivity contribution in [3.8, 4) is 5.75 Å². The maximum atomic E-state index is 5.22. The molecule has 2 aromatic rings. The van der Waals surface area contributed by atoms with Crippen molar-refractivity contribution < 1.29 is 4.74 Å². The van der Waals surface area contributed by atoms with E-state index in [4.69, 9.17) is 4.74 Å². The van der Waals surface area contributed by atoms with Gasteiger partial charge in [0, 0.05) is 4.83 Å². The van der Waals surface area contributed by atoms with Crippen molar-refractivity contribution in [1.82, 2.24) is 0 Å². The molecule has 0 N–H and O–H groups in total. The van der Waals surface area contributed by atoms with Crippen LogP contribution in [0.2, 0.25) is 0 Å². The van der Waals surface area contributed by atoms with Crippen molar-refractivity contribution in [2.24, 2.45) is 0 Å². The van der Waals surface area contributed by atoms with E-state index in [1.165, 1.54) is 11.1 Å². The van der Waals surface area contributed by atoms with Gasteiger partial charge >= 0.3 is 0 Å². The van der Waals surface area contributed by atoms with Gasteiger partial charge in [-0.3, -0.25) is 0 Å². The molecule has 1 nitrogen and oxygen atoms in total. The largest absolute Gasteiger partial charge is 0.497 e. The maximum absolute atomic E-state index is 5.22. The predicted octanol–water partition coefficient (Wildman–Crippen LogP) is 4.44. The number of thiophene rings is 1. The molecule has 0 saturated carbocycles. The van der Waals surface area contributed by atoms with Crippen LogP contribution in [-0.2, 0) is 6.42 Å². The Kier molecular flexibility index (Phi) is 4.02. The van der Waals surface area contributed by atoms with E-state index in [0.717, 1.165) is 12.2 Å². The lowest BCUT2D eigenvalue weighted by atomic mass is 10.1. The molecule has 2 rings (SSSR count). The van der Waals surface area contributed by atoms with Gasteiger partial charge in [-0.15, -0.1) is 0 Å². The lowest BCUT2D eigenvalue weighted by Crippen LogP contribution is -1.94. The van der Waals surface area contributed by atoms with Gasteiger partial charge in [0.1, 0.15) is 5.75 Å². The molecule has 0 aliphatic rings. The zero-order chi connectivity index (χ0) is 11.4. The SMILES string of the molecule is COc1cccc(C(Br)Cc2ccsc2)c1. The van der Waals surface area contributed by atoms with E-state index >= 15 is 0 Å². The molecule has 1 atom stereocenters. The van der Waals surface area contributed by atoms with Crippen molar-refractivity contribution in [2.45, 2.75) is 11.2 Å². The lowest BCUT2D eigenvalue weighted by Gasteiger charge is -2.10. The number of halogens is 1. The van der Waals surface area contributed by atoms with Crippen LogP contribution in [0, 0.1) is 0 Å². The summed E-state index contributed by atoms with van der Waals surface area (Å²) < 4.78 is 5.22. The number of hydrogen-bond donors (Lipinski definition) is 0. The third kappa shape index (κ3) is 2.86. The highest BCUT2D eigenvalue weighted by Gasteiger charge is 2.09. The van der Waals surface area contributed by atoms with Crippen LogP contribution in [0.1, 0.15) is 16.0 Å². The van der Waals surface area contributed by atoms with E-state index in [1.807, 2.05) is 12.1 Å². The summed E-state index contributed by atoms with van der Waals surface area (Å²) in [7, 11) is 1.70. The summed E-state index contributed by atoms with van der Waals surface area (Å²) in [6.07, 6.45) is 1.01. The summed E-state index contributed by atoms with van der Waals surface area (Å²) in [5, 5.41) is 4.30. The van der Waals surface area contributed by atoms with Gasteiger partial charge in [0.05, 0.1) is 7.11 Å². The van der Waals surface area contributed by atoms with E-state index in [1.54, 1.807) is 18.4 Å². The van der Waals surface area contributed by atoms with Crippen LogP contribution in [0.25, 0.3) is 0 Å². The molecule has 1 aromatic heterocycles. The summed E-state index contributed by atoms with van der Waals surface area (Å²) >= 11 is 5.46. The molecule has 0 radical (unpaired) electrons. The van der Waals surface area contributed by atoms with Crippen LogP contribution in [0.4, 0.5) is 0 Å². The number of hydrogen-bond acceptors (Lipinski definition) is 2. The highest BCUT2D eigenvalue weighted by Crippen LogP contribution is 2.29. The Morgan fingerprint density at radius 1 is 1.38 bits per heavy atom. The smallest absolute Gasteiger partial charge is 0.119 e. The van der Waals surface area contributed by atoms with Crippen molar-refractivity contribution in [2.75, 3.05) is 7.11 Å². The third-order valence-corrected chi connectivity index (χ3v) is 4.03. The van der Waals surface area contributed by atoms with Crippen molar-refractivity contribution in [1.29, 1.82) is 0 Å². The molecule has 0 aliphatic heterocycles. The number of rotatable bonds is 4. The first-order valence-electron chi connectivity index (χ1n) is 5.08. The van der Waals surface area contributed by atoms with E-state index < -0.39 is 0 Å². The fourth-order valence-corrected chi connectivity index (χ4v) is 2.91. The summed E-state index contributed by atoms with van der Waals surface area (Å²) in [4.78, 5) is 0.345. The van der Waals surface area contributed by atoms with Gasteiger partial charge in [0.25, 0.3) is 0 Å². The third-order valence-electron chi connectivity index (χ3n) is 2.45. The van der Waals surface area contributed by atoms with Crippen LogP contribution in [0.15, 0.2) is 41.1 Å². The second-order valence-electron chi connectivity index (χ2n) is 3.58. The van der Waals surface area contributed by atoms with Gasteiger partial charge < -0.3 is 4.74 Å². The molecule has 0 spiro atoms. The highest BCUT2D eigenvalue weighted by molar-refractivity contribution is 9.09. The monoisotopic (exact) mass is 296 g/mol. The number of ether oxygens (including phenoxy) is 1. The molecule has 0 aliphatic carbocycles. The molecule has 0 saturated heterocycles. The molecule has 1 aromatic carbocycles. The van der Waals surface area contributed by atoms with Gasteiger partial charge in [-0.05, 0) is 46.5 Å². The van der Waals surface area contributed by atoms with Crippen LogP contribution in [0.5, 0.6) is 5.75 Å². The van der Waals surface area contributed by atoms with E-state index in [-0.39, 0.29) is 0 Å². The topological polar surface area (TPSA) is 9.23 Å². The number of alkyl halides is 1. The zero-order valence-electron chi connectivity index (χ0n) is 9.02. The van der Waals surface area contributed by atoms with Crippen LogP contribution in [-0.4, -0.2) is 7.11 Å². The number of benzene rings is 1. The quantitative estimate of drug-likeness (QED) is 0.758. The fourth-order valence-electron chi connectivity index (χ4n) is 1.57. The highest BCUT2D eigenvalue weighted by atomic mass is 79.9. The van der Waals surface area contributed by atoms with Gasteiger partial charge in [-0.2, -0.15) is 11.3 Å². The van der Waals surface area contributed by atoms with Crippen molar-refractivity contribution in [3.63, 3.8) is 0 Å². The Morgan fingerprint density at radius 3 is 2.94 bits per heavy atom. The molecular weight excluding hydrogens is 284 g/mol. The van der Waals surface area contributed by atoms with Gasteiger partial charge in [-0.1, -0.05) is 28.1 Å². The van der Waals surface area contributed by atoms with Crippen molar-refractivity contribution >= 4 is 27.3 Å². The normalized spacial score (nSPS) is 12.4. The molecule has 1 unspecified atom stereocenters. The maximum Gasteiger partial charge on any atom is 0.119 e. The first-order valence-corrected chi connectivity index (χ1v) is 6.94. The minimum atomic E-state index is 0.345. The second-order valence-corrected chi connectivity index (χ2v) is 5.47. The minimum Gasteiger partial charge on any atom is -0.497 e. The van der Waals surface area contributed by atoms with Crippen molar-refractivity contribution in [3.05, 3.63) is 52.2 Å². The molecule has 84 valence electrons. The average molecular weight is 297 g/mol. The summed E-state index contributed by atoms with van der Waals surface area (Å²) in [5.74, 6) is 0.910. The average Bonchev–Trinajstić information content (AvgIpc) is 2.82. The van der Waals surface area contributed by atoms with Crippen LogP contribution >= 0.6 is 27.3 Å². The molecular formula is C13H13BrOS. The Balaban J connectivity index is 2.11. The molecule has 1 heterocycles. The number of methoxy groups -OCH3 is 1. The minimum absolute atomic E-state index is 0.345. The Morgan fingerprint density at radius 2 is 2.25 bits per heavy atom. The lowest BCUT2D eigenvalue weighted by molar-refractivity contribution is 0.414. The van der Waals surface area contributed by atoms with Gasteiger partial charge in [0.2, 0.25) is 0 Å². The standard InChI is InChI=1S/C13H13BrOS/c1-15-12-4-2-3-11(8-12)13(14)7-10-5-6-16-9-10/h2-6,8-9,13H,7H2,1H3. The molecule has 3 heteroatoms. The fraction of sp³-hybridized carbons (Fsp3) is 0.231. The first kappa shape index (κ1) is 11.7. The predicted molar refractivity (Wildman–Crippen MR) is 72.7 cm³/mol. The van der Waals surface area contributed by atoms with E-state index in [9.17, 15) is 0 Å². The Labute approximate surface area is 108 Å². The molecule has 0 fully saturated rings. The second kappa shape index (κ2) is 5.51. The first-order chi connectivity index (χ1) is 7.79. The summed E-state index contributed by atoms with van der Waals surface area (Å²) in [5.41, 5.74) is 2.63. The summed E-state index contributed by atoms with van der Waals surface area (Å²) in [6, 6.07) is 10.4. The Hall–Kier alpha value is -0.800. The molecule has 16 heavy (non-hydrogen) atoms. The van der Waals surface area contributed by atoms with Crippen LogP contribution < -0.4 is 4.74 Å². The van der Waals surface area contributed by atoms with Gasteiger partial charge in [0.15, 0.2) is 0 Å². The van der Waals surface area contributed by atoms with Crippen LogP contribution in [0.3, 0.4) is 0 Å². The van der Waals surface area contributed by atoms with E-state index in [2.05, 4.69) is 44.9 Å². The van der Waals surface area contributed by atoms with E-state index in [0.29, 0.717) is 4.83 Å². The summed E-state index contributed by atoms with van der Waals surface area (Å²) in [6.45, 7) is 0. The molecule has 0 bridgehead atoms. The van der Waals surface area contributed by atoms with Gasteiger partial charge in [-0.25, -0.2) is 0 Å².